The molecular formula is C13H19Cl2N. The van der Waals surface area contributed by atoms with Crippen molar-refractivity contribution in [1.29, 1.82) is 0 Å². The van der Waals surface area contributed by atoms with E-state index in [1.165, 1.54) is 17.5 Å². The Morgan fingerprint density at radius 3 is 2.75 bits per heavy atom. The highest BCUT2D eigenvalue weighted by molar-refractivity contribution is 6.31. The Morgan fingerprint density at radius 2 is 2.12 bits per heavy atom. The first-order chi connectivity index (χ1) is 7.18. The topological polar surface area (TPSA) is 12.0 Å². The number of hydrogen-bond acceptors (Lipinski definition) is 1. The third-order valence-electron chi connectivity index (χ3n) is 3.34. The lowest BCUT2D eigenvalue weighted by Gasteiger charge is -2.30. The monoisotopic (exact) mass is 259 g/mol. The van der Waals surface area contributed by atoms with Gasteiger partial charge < -0.3 is 5.32 Å². The van der Waals surface area contributed by atoms with E-state index in [9.17, 15) is 0 Å². The quantitative estimate of drug-likeness (QED) is 0.810. The van der Waals surface area contributed by atoms with Gasteiger partial charge in [0.15, 0.2) is 0 Å². The van der Waals surface area contributed by atoms with Crippen LogP contribution in [0.1, 0.15) is 30.4 Å². The molecule has 0 bridgehead atoms. The van der Waals surface area contributed by atoms with E-state index in [-0.39, 0.29) is 12.4 Å². The van der Waals surface area contributed by atoms with E-state index in [2.05, 4.69) is 37.4 Å². The molecular weight excluding hydrogens is 241 g/mol. The van der Waals surface area contributed by atoms with Crippen LogP contribution in [0.5, 0.6) is 0 Å². The predicted molar refractivity (Wildman–Crippen MR) is 72.8 cm³/mol. The molecule has 0 radical (unpaired) electrons. The zero-order valence-electron chi connectivity index (χ0n) is 9.79. The Hall–Kier alpha value is -0.240. The van der Waals surface area contributed by atoms with Gasteiger partial charge in [0.2, 0.25) is 0 Å². The SMILES string of the molecule is Cc1ccc([C@H]2CCNC[C@H]2C)c(Cl)c1.Cl. The van der Waals surface area contributed by atoms with Crippen molar-refractivity contribution in [3.05, 3.63) is 34.3 Å². The van der Waals surface area contributed by atoms with Crippen molar-refractivity contribution in [2.24, 2.45) is 5.92 Å². The molecule has 1 aromatic rings. The number of hydrogen-bond donors (Lipinski definition) is 1. The summed E-state index contributed by atoms with van der Waals surface area (Å²) in [6.07, 6.45) is 1.20. The molecule has 0 spiro atoms. The maximum Gasteiger partial charge on any atom is 0.0443 e. The van der Waals surface area contributed by atoms with E-state index in [1.54, 1.807) is 0 Å². The van der Waals surface area contributed by atoms with Crippen LogP contribution in [0, 0.1) is 12.8 Å². The second kappa shape index (κ2) is 5.90. The summed E-state index contributed by atoms with van der Waals surface area (Å²) < 4.78 is 0. The molecule has 1 saturated heterocycles. The van der Waals surface area contributed by atoms with Gasteiger partial charge in [0.25, 0.3) is 0 Å². The molecule has 1 heterocycles. The summed E-state index contributed by atoms with van der Waals surface area (Å²) >= 11 is 6.31. The van der Waals surface area contributed by atoms with Crippen molar-refractivity contribution in [2.45, 2.75) is 26.2 Å². The molecule has 2 atom stereocenters. The molecule has 3 heteroatoms. The zero-order chi connectivity index (χ0) is 10.8. The van der Waals surface area contributed by atoms with Crippen LogP contribution in [0.25, 0.3) is 0 Å². The van der Waals surface area contributed by atoms with Crippen LogP contribution in [-0.4, -0.2) is 13.1 Å². The number of rotatable bonds is 1. The van der Waals surface area contributed by atoms with Crippen LogP contribution in [0.4, 0.5) is 0 Å². The second-order valence-corrected chi connectivity index (χ2v) is 5.01. The van der Waals surface area contributed by atoms with E-state index >= 15 is 0 Å². The van der Waals surface area contributed by atoms with Crippen LogP contribution in [0.15, 0.2) is 18.2 Å². The van der Waals surface area contributed by atoms with E-state index in [0.29, 0.717) is 11.8 Å². The average molecular weight is 260 g/mol. The lowest BCUT2D eigenvalue weighted by Crippen LogP contribution is -2.33. The first-order valence-corrected chi connectivity index (χ1v) is 6.03. The van der Waals surface area contributed by atoms with Gasteiger partial charge in [-0.15, -0.1) is 12.4 Å². The number of piperidine rings is 1. The summed E-state index contributed by atoms with van der Waals surface area (Å²) in [5, 5.41) is 4.36. The van der Waals surface area contributed by atoms with Crippen LogP contribution in [0.2, 0.25) is 5.02 Å². The van der Waals surface area contributed by atoms with Crippen molar-refractivity contribution in [3.63, 3.8) is 0 Å². The van der Waals surface area contributed by atoms with E-state index in [0.717, 1.165) is 18.1 Å². The fourth-order valence-corrected chi connectivity index (χ4v) is 2.78. The van der Waals surface area contributed by atoms with Gasteiger partial charge in [0, 0.05) is 5.02 Å². The predicted octanol–water partition coefficient (Wildman–Crippen LogP) is 3.78. The van der Waals surface area contributed by atoms with Gasteiger partial charge in [-0.3, -0.25) is 0 Å². The maximum atomic E-state index is 6.31. The minimum atomic E-state index is 0. The molecule has 1 aliphatic heterocycles. The number of nitrogens with one attached hydrogen (secondary N) is 1. The zero-order valence-corrected chi connectivity index (χ0v) is 11.4. The van der Waals surface area contributed by atoms with E-state index in [4.69, 9.17) is 11.6 Å². The molecule has 1 aliphatic rings. The maximum absolute atomic E-state index is 6.31. The van der Waals surface area contributed by atoms with Crippen LogP contribution in [-0.2, 0) is 0 Å². The highest BCUT2D eigenvalue weighted by Gasteiger charge is 2.24. The molecule has 0 aromatic heterocycles. The van der Waals surface area contributed by atoms with Gasteiger partial charge in [-0.25, -0.2) is 0 Å². The minimum absolute atomic E-state index is 0. The van der Waals surface area contributed by atoms with Crippen LogP contribution < -0.4 is 5.32 Å². The lowest BCUT2D eigenvalue weighted by atomic mass is 9.82. The van der Waals surface area contributed by atoms with Crippen LogP contribution in [0.3, 0.4) is 0 Å². The van der Waals surface area contributed by atoms with Crippen molar-refractivity contribution in [2.75, 3.05) is 13.1 Å². The lowest BCUT2D eigenvalue weighted by molar-refractivity contribution is 0.349. The molecule has 0 aliphatic carbocycles. The smallest absolute Gasteiger partial charge is 0.0443 e. The molecule has 0 amide bonds. The summed E-state index contributed by atoms with van der Waals surface area (Å²) in [6, 6.07) is 6.44. The third kappa shape index (κ3) is 2.91. The largest absolute Gasteiger partial charge is 0.316 e. The summed E-state index contributed by atoms with van der Waals surface area (Å²) in [5.74, 6) is 1.30. The fraction of sp³-hybridized carbons (Fsp3) is 0.538. The molecule has 0 unspecified atom stereocenters. The van der Waals surface area contributed by atoms with Gasteiger partial charge in [-0.2, -0.15) is 0 Å². The molecule has 1 N–H and O–H groups in total. The number of aryl methyl sites for hydroxylation is 1. The summed E-state index contributed by atoms with van der Waals surface area (Å²) in [6.45, 7) is 6.60. The van der Waals surface area contributed by atoms with Crippen LogP contribution >= 0.6 is 24.0 Å². The molecule has 1 nitrogen and oxygen atoms in total. The highest BCUT2D eigenvalue weighted by atomic mass is 35.5. The Morgan fingerprint density at radius 1 is 1.38 bits per heavy atom. The Kier molecular flexibility index (Phi) is 5.10. The summed E-state index contributed by atoms with van der Waals surface area (Å²) in [7, 11) is 0. The first kappa shape index (κ1) is 13.8. The van der Waals surface area contributed by atoms with Gasteiger partial charge in [0.05, 0.1) is 0 Å². The summed E-state index contributed by atoms with van der Waals surface area (Å²) in [4.78, 5) is 0. The third-order valence-corrected chi connectivity index (χ3v) is 3.67. The normalized spacial score (nSPS) is 24.9. The molecule has 90 valence electrons. The van der Waals surface area contributed by atoms with Gasteiger partial charge in [-0.1, -0.05) is 30.7 Å². The first-order valence-electron chi connectivity index (χ1n) is 5.65. The molecule has 2 rings (SSSR count). The number of halogens is 2. The minimum Gasteiger partial charge on any atom is -0.316 e. The molecule has 1 aromatic carbocycles. The molecule has 1 fully saturated rings. The fourth-order valence-electron chi connectivity index (χ4n) is 2.41. The second-order valence-electron chi connectivity index (χ2n) is 4.60. The number of benzene rings is 1. The molecule has 16 heavy (non-hydrogen) atoms. The van der Waals surface area contributed by atoms with E-state index < -0.39 is 0 Å². The Balaban J connectivity index is 0.00000128. The van der Waals surface area contributed by atoms with Gasteiger partial charge in [-0.05, 0) is 55.5 Å². The standard InChI is InChI=1S/C13H18ClN.ClH/c1-9-3-4-12(13(14)7-9)11-5-6-15-8-10(11)2;/h3-4,7,10-11,15H,5-6,8H2,1-2H3;1H/t10-,11+;/m1./s1. The van der Waals surface area contributed by atoms with Crippen molar-refractivity contribution < 1.29 is 0 Å². The van der Waals surface area contributed by atoms with Gasteiger partial charge >= 0.3 is 0 Å². The van der Waals surface area contributed by atoms with Crippen molar-refractivity contribution >= 4 is 24.0 Å². The summed E-state index contributed by atoms with van der Waals surface area (Å²) in [5.41, 5.74) is 2.57. The van der Waals surface area contributed by atoms with Gasteiger partial charge in [0.1, 0.15) is 0 Å². The van der Waals surface area contributed by atoms with E-state index in [1.807, 2.05) is 0 Å². The molecule has 0 saturated carbocycles. The average Bonchev–Trinajstić information content (AvgIpc) is 2.20. The van der Waals surface area contributed by atoms with Crippen molar-refractivity contribution in [1.82, 2.24) is 5.32 Å². The Labute approximate surface area is 109 Å². The Bertz CT molecular complexity index is 352. The van der Waals surface area contributed by atoms with Crippen molar-refractivity contribution in [3.8, 4) is 0 Å². The highest BCUT2D eigenvalue weighted by Crippen LogP contribution is 2.34.